The molecule has 0 aromatic carbocycles. The van der Waals surface area contributed by atoms with Crippen molar-refractivity contribution in [1.29, 1.82) is 0 Å². The van der Waals surface area contributed by atoms with Gasteiger partial charge in [0.25, 0.3) is 0 Å². The third-order valence-corrected chi connectivity index (χ3v) is 1.54. The van der Waals surface area contributed by atoms with Crippen molar-refractivity contribution in [3.63, 3.8) is 0 Å². The van der Waals surface area contributed by atoms with Crippen LogP contribution in [0.25, 0.3) is 0 Å². The van der Waals surface area contributed by atoms with Crippen molar-refractivity contribution in [2.45, 2.75) is 19.3 Å². The fraction of sp³-hybridized carbons (Fsp3) is 0.571. The first-order chi connectivity index (χ1) is 4.75. The molecule has 1 aliphatic carbocycles. The molecule has 0 amide bonds. The number of hydrogen-bond donors (Lipinski definition) is 0. The molecular weight excluding hydrogens is 135 g/mol. The first kappa shape index (κ1) is 7.25. The summed E-state index contributed by atoms with van der Waals surface area (Å²) in [6.45, 7) is 0. The molecule has 0 radical (unpaired) electrons. The highest BCUT2D eigenvalue weighted by atomic mass is 19.1. The first-order valence-corrected chi connectivity index (χ1v) is 3.21. The van der Waals surface area contributed by atoms with Crippen LogP contribution < -0.4 is 0 Å². The van der Waals surface area contributed by atoms with Gasteiger partial charge in [-0.1, -0.05) is 0 Å². The molecule has 56 valence electrons. The van der Waals surface area contributed by atoms with E-state index in [0.29, 0.717) is 19.3 Å². The Kier molecular flexibility index (Phi) is 2.04. The van der Waals surface area contributed by atoms with Gasteiger partial charge in [0.05, 0.1) is 7.11 Å². The summed E-state index contributed by atoms with van der Waals surface area (Å²) >= 11 is 0. The molecule has 3 heteroatoms. The fourth-order valence-electron chi connectivity index (χ4n) is 0.976. The quantitative estimate of drug-likeness (QED) is 0.558. The maximum atomic E-state index is 12.6. The van der Waals surface area contributed by atoms with Gasteiger partial charge in [-0.15, -0.1) is 0 Å². The number of ether oxygens (including phenoxy) is 1. The second kappa shape index (κ2) is 2.82. The molecule has 0 fully saturated rings. The van der Waals surface area contributed by atoms with Gasteiger partial charge >= 0.3 is 0 Å². The minimum Gasteiger partial charge on any atom is -0.498 e. The van der Waals surface area contributed by atoms with Gasteiger partial charge in [-0.05, 0) is 6.42 Å². The smallest absolute Gasteiger partial charge is 0.203 e. The number of rotatable bonds is 1. The third-order valence-electron chi connectivity index (χ3n) is 1.54. The topological polar surface area (TPSA) is 26.3 Å². The van der Waals surface area contributed by atoms with E-state index >= 15 is 0 Å². The number of halogens is 1. The lowest BCUT2D eigenvalue weighted by atomic mass is 10.0. The predicted octanol–water partition coefficient (Wildman–Crippen LogP) is 1.57. The molecule has 2 nitrogen and oxygen atoms in total. The molecule has 0 atom stereocenters. The molecule has 0 aromatic heterocycles. The van der Waals surface area contributed by atoms with E-state index in [9.17, 15) is 9.18 Å². The lowest BCUT2D eigenvalue weighted by Gasteiger charge is -2.11. The number of allylic oxidation sites excluding steroid dienone is 2. The molecule has 0 saturated heterocycles. The number of carbonyl (C=O) groups is 1. The summed E-state index contributed by atoms with van der Waals surface area (Å²) in [6, 6.07) is 0. The van der Waals surface area contributed by atoms with Crippen molar-refractivity contribution in [1.82, 2.24) is 0 Å². The molecule has 0 heterocycles. The molecule has 10 heavy (non-hydrogen) atoms. The largest absolute Gasteiger partial charge is 0.498 e. The summed E-state index contributed by atoms with van der Waals surface area (Å²) in [5.74, 6) is -0.909. The van der Waals surface area contributed by atoms with Gasteiger partial charge in [0.15, 0.2) is 5.78 Å². The number of hydrogen-bond acceptors (Lipinski definition) is 2. The van der Waals surface area contributed by atoms with Gasteiger partial charge < -0.3 is 4.74 Å². The van der Waals surface area contributed by atoms with Crippen LogP contribution >= 0.6 is 0 Å². The second-order valence-corrected chi connectivity index (χ2v) is 2.22. The van der Waals surface area contributed by atoms with Crippen LogP contribution in [0.5, 0.6) is 0 Å². The highest BCUT2D eigenvalue weighted by Crippen LogP contribution is 2.22. The Morgan fingerprint density at radius 2 is 2.20 bits per heavy atom. The molecule has 0 unspecified atom stereocenters. The van der Waals surface area contributed by atoms with Crippen LogP contribution in [-0.4, -0.2) is 12.9 Å². The third kappa shape index (κ3) is 1.17. The van der Waals surface area contributed by atoms with Crippen LogP contribution in [0, 0.1) is 0 Å². The number of carbonyl (C=O) groups excluding carboxylic acids is 1. The van der Waals surface area contributed by atoms with Crippen LogP contribution in [0.1, 0.15) is 19.3 Å². The van der Waals surface area contributed by atoms with Crippen LogP contribution in [-0.2, 0) is 9.53 Å². The van der Waals surface area contributed by atoms with Gasteiger partial charge in [0.1, 0.15) is 5.76 Å². The zero-order chi connectivity index (χ0) is 7.56. The predicted molar refractivity (Wildman–Crippen MR) is 34.0 cm³/mol. The molecule has 1 rings (SSSR count). The minimum absolute atomic E-state index is 0.205. The highest BCUT2D eigenvalue weighted by molar-refractivity contribution is 5.94. The summed E-state index contributed by atoms with van der Waals surface area (Å²) in [5, 5.41) is 0. The van der Waals surface area contributed by atoms with Crippen molar-refractivity contribution in [2.24, 2.45) is 0 Å². The molecule has 0 spiro atoms. The number of ketones is 1. The number of Topliss-reactive ketones (excluding diaryl/α,β-unsaturated/α-hetero) is 1. The van der Waals surface area contributed by atoms with Crippen LogP contribution in [0.3, 0.4) is 0 Å². The standard InChI is InChI=1S/C7H9FO2/c1-10-6-4-2-3-5(9)7(6)8/h2-4H2,1H3. The lowest BCUT2D eigenvalue weighted by Crippen LogP contribution is -2.09. The van der Waals surface area contributed by atoms with Crippen molar-refractivity contribution >= 4 is 5.78 Å². The normalized spacial score (nSPS) is 19.6. The Morgan fingerprint density at radius 3 is 2.70 bits per heavy atom. The van der Waals surface area contributed by atoms with E-state index in [1.54, 1.807) is 0 Å². The zero-order valence-electron chi connectivity index (χ0n) is 5.82. The van der Waals surface area contributed by atoms with Crippen molar-refractivity contribution in [2.75, 3.05) is 7.11 Å². The Bertz CT molecular complexity index is 184. The monoisotopic (exact) mass is 144 g/mol. The van der Waals surface area contributed by atoms with Gasteiger partial charge in [-0.3, -0.25) is 4.79 Å². The van der Waals surface area contributed by atoms with Crippen LogP contribution in [0.2, 0.25) is 0 Å². The van der Waals surface area contributed by atoms with Crippen molar-refractivity contribution < 1.29 is 13.9 Å². The van der Waals surface area contributed by atoms with E-state index in [1.807, 2.05) is 0 Å². The number of methoxy groups -OCH3 is 1. The van der Waals surface area contributed by atoms with Gasteiger partial charge in [-0.25, -0.2) is 0 Å². The van der Waals surface area contributed by atoms with Gasteiger partial charge in [-0.2, -0.15) is 4.39 Å². The average molecular weight is 144 g/mol. The van der Waals surface area contributed by atoms with Crippen molar-refractivity contribution in [3.05, 3.63) is 11.6 Å². The minimum atomic E-state index is -0.686. The van der Waals surface area contributed by atoms with E-state index in [0.717, 1.165) is 0 Å². The van der Waals surface area contributed by atoms with Crippen molar-refractivity contribution in [3.8, 4) is 0 Å². The van der Waals surface area contributed by atoms with Gasteiger partial charge in [0, 0.05) is 12.8 Å². The maximum absolute atomic E-state index is 12.6. The molecule has 0 saturated carbocycles. The maximum Gasteiger partial charge on any atom is 0.203 e. The molecule has 1 aliphatic rings. The van der Waals surface area contributed by atoms with E-state index in [4.69, 9.17) is 0 Å². The Hall–Kier alpha value is -0.860. The summed E-state index contributed by atoms with van der Waals surface area (Å²) in [4.78, 5) is 10.7. The zero-order valence-corrected chi connectivity index (χ0v) is 5.82. The van der Waals surface area contributed by atoms with E-state index in [1.165, 1.54) is 7.11 Å². The molecule has 0 aromatic rings. The lowest BCUT2D eigenvalue weighted by molar-refractivity contribution is -0.117. The van der Waals surface area contributed by atoms with Gasteiger partial charge in [0.2, 0.25) is 5.83 Å². The fourth-order valence-corrected chi connectivity index (χ4v) is 0.976. The van der Waals surface area contributed by atoms with E-state index in [2.05, 4.69) is 4.74 Å². The molecule has 0 bridgehead atoms. The van der Waals surface area contributed by atoms with E-state index in [-0.39, 0.29) is 5.76 Å². The SMILES string of the molecule is COC1=C(F)C(=O)CCC1. The Morgan fingerprint density at radius 1 is 1.50 bits per heavy atom. The molecular formula is C7H9FO2. The summed E-state index contributed by atoms with van der Waals surface area (Å²) in [5.41, 5.74) is 0. The van der Waals surface area contributed by atoms with E-state index < -0.39 is 11.6 Å². The summed E-state index contributed by atoms with van der Waals surface area (Å²) in [6.07, 6.45) is 1.57. The molecule has 0 N–H and O–H groups in total. The van der Waals surface area contributed by atoms with Crippen LogP contribution in [0.4, 0.5) is 4.39 Å². The van der Waals surface area contributed by atoms with Crippen LogP contribution in [0.15, 0.2) is 11.6 Å². The first-order valence-electron chi connectivity index (χ1n) is 3.21. The second-order valence-electron chi connectivity index (χ2n) is 2.22. The summed E-state index contributed by atoms with van der Waals surface area (Å²) < 4.78 is 17.3. The Labute approximate surface area is 58.7 Å². The highest BCUT2D eigenvalue weighted by Gasteiger charge is 2.20. The summed E-state index contributed by atoms with van der Waals surface area (Å²) in [7, 11) is 1.38. The average Bonchev–Trinajstić information content (AvgIpc) is 1.95. The Balaban J connectivity index is 2.82. The molecule has 0 aliphatic heterocycles.